The van der Waals surface area contributed by atoms with Gasteiger partial charge in [-0.1, -0.05) is 12.1 Å². The maximum Gasteiger partial charge on any atom is 0.287 e. The van der Waals surface area contributed by atoms with Crippen molar-refractivity contribution >= 4 is 5.91 Å². The lowest BCUT2D eigenvalue weighted by atomic mass is 10.3. The van der Waals surface area contributed by atoms with Gasteiger partial charge in [0, 0.05) is 18.5 Å². The summed E-state index contributed by atoms with van der Waals surface area (Å²) in [6.07, 6.45) is 3.34. The smallest absolute Gasteiger partial charge is 0.287 e. The van der Waals surface area contributed by atoms with E-state index in [1.165, 1.54) is 10.6 Å². The van der Waals surface area contributed by atoms with Gasteiger partial charge in [0.05, 0.1) is 18.8 Å². The molecule has 6 heteroatoms. The molecule has 0 aromatic carbocycles. The number of aromatic nitrogens is 2. The Hall–Kier alpha value is -3.15. The predicted octanol–water partition coefficient (Wildman–Crippen LogP) is 1.81. The first-order chi connectivity index (χ1) is 11.2. The van der Waals surface area contributed by atoms with Crippen LogP contribution in [0.1, 0.15) is 22.0 Å². The first-order valence-electron chi connectivity index (χ1n) is 7.15. The van der Waals surface area contributed by atoms with Gasteiger partial charge in [-0.3, -0.25) is 14.6 Å². The van der Waals surface area contributed by atoms with E-state index in [0.29, 0.717) is 12.3 Å². The van der Waals surface area contributed by atoms with E-state index in [-0.39, 0.29) is 23.8 Å². The Morgan fingerprint density at radius 2 is 2.00 bits per heavy atom. The summed E-state index contributed by atoms with van der Waals surface area (Å²) in [4.78, 5) is 27.8. The van der Waals surface area contributed by atoms with Gasteiger partial charge in [0.25, 0.3) is 11.5 Å². The zero-order chi connectivity index (χ0) is 16.1. The van der Waals surface area contributed by atoms with Crippen molar-refractivity contribution in [2.45, 2.75) is 13.1 Å². The number of nitrogens with zero attached hydrogens (tertiary/aromatic N) is 2. The Labute approximate surface area is 132 Å². The van der Waals surface area contributed by atoms with E-state index in [1.54, 1.807) is 36.7 Å². The van der Waals surface area contributed by atoms with Crippen LogP contribution in [0.2, 0.25) is 0 Å². The Kier molecular flexibility index (Phi) is 4.33. The molecule has 3 aromatic rings. The molecule has 0 saturated heterocycles. The summed E-state index contributed by atoms with van der Waals surface area (Å²) >= 11 is 0. The second-order valence-corrected chi connectivity index (χ2v) is 4.94. The second kappa shape index (κ2) is 6.74. The number of nitrogens with one attached hydrogen (secondary N) is 1. The van der Waals surface area contributed by atoms with E-state index in [1.807, 2.05) is 18.2 Å². The highest BCUT2D eigenvalue weighted by Crippen LogP contribution is 2.09. The SMILES string of the molecule is O=C(NCc1ccccn1)c1ccc(Cn2ccccc2=O)o1. The van der Waals surface area contributed by atoms with E-state index < -0.39 is 0 Å². The van der Waals surface area contributed by atoms with Gasteiger partial charge in [-0.15, -0.1) is 0 Å². The third kappa shape index (κ3) is 3.74. The van der Waals surface area contributed by atoms with Gasteiger partial charge in [0.2, 0.25) is 0 Å². The highest BCUT2D eigenvalue weighted by molar-refractivity contribution is 5.91. The average Bonchev–Trinajstić information content (AvgIpc) is 3.04. The highest BCUT2D eigenvalue weighted by Gasteiger charge is 2.11. The molecule has 3 rings (SSSR count). The maximum atomic E-state index is 12.0. The summed E-state index contributed by atoms with van der Waals surface area (Å²) in [5.74, 6) is 0.434. The van der Waals surface area contributed by atoms with Gasteiger partial charge >= 0.3 is 0 Å². The zero-order valence-electron chi connectivity index (χ0n) is 12.3. The zero-order valence-corrected chi connectivity index (χ0v) is 12.3. The summed E-state index contributed by atoms with van der Waals surface area (Å²) in [7, 11) is 0. The molecule has 116 valence electrons. The Balaban J connectivity index is 1.63. The van der Waals surface area contributed by atoms with E-state index in [9.17, 15) is 9.59 Å². The normalized spacial score (nSPS) is 10.4. The molecule has 6 nitrogen and oxygen atoms in total. The van der Waals surface area contributed by atoms with Crippen LogP contribution in [0.4, 0.5) is 0 Å². The van der Waals surface area contributed by atoms with Gasteiger partial charge in [-0.05, 0) is 30.3 Å². The number of amides is 1. The second-order valence-electron chi connectivity index (χ2n) is 4.94. The van der Waals surface area contributed by atoms with Crippen LogP contribution in [0.25, 0.3) is 0 Å². The van der Waals surface area contributed by atoms with Crippen molar-refractivity contribution in [3.63, 3.8) is 0 Å². The lowest BCUT2D eigenvalue weighted by molar-refractivity contribution is 0.0920. The number of pyridine rings is 2. The minimum absolute atomic E-state index is 0.120. The van der Waals surface area contributed by atoms with Gasteiger partial charge in [0.1, 0.15) is 5.76 Å². The van der Waals surface area contributed by atoms with Gasteiger partial charge in [-0.25, -0.2) is 0 Å². The fraction of sp³-hybridized carbons (Fsp3) is 0.118. The lowest BCUT2D eigenvalue weighted by Crippen LogP contribution is -2.22. The van der Waals surface area contributed by atoms with Crippen LogP contribution in [0.3, 0.4) is 0 Å². The molecular weight excluding hydrogens is 294 g/mol. The minimum atomic E-state index is -0.317. The monoisotopic (exact) mass is 309 g/mol. The number of hydrogen-bond acceptors (Lipinski definition) is 4. The van der Waals surface area contributed by atoms with Crippen LogP contribution in [0, 0.1) is 0 Å². The van der Waals surface area contributed by atoms with Crippen molar-refractivity contribution in [3.05, 3.63) is 88.5 Å². The van der Waals surface area contributed by atoms with Crippen molar-refractivity contribution in [2.75, 3.05) is 0 Å². The van der Waals surface area contributed by atoms with E-state index >= 15 is 0 Å². The summed E-state index contributed by atoms with van der Waals surface area (Å²) < 4.78 is 7.01. The van der Waals surface area contributed by atoms with Gasteiger partial charge < -0.3 is 14.3 Å². The molecule has 0 fully saturated rings. The number of hydrogen-bond donors (Lipinski definition) is 1. The molecule has 23 heavy (non-hydrogen) atoms. The molecule has 0 radical (unpaired) electrons. The average molecular weight is 309 g/mol. The first kappa shape index (κ1) is 14.8. The standard InChI is InChI=1S/C17H15N3O3/c21-16-6-2-4-10-20(16)12-14-7-8-15(23-14)17(22)19-11-13-5-1-3-9-18-13/h1-10H,11-12H2,(H,19,22). The molecule has 3 aromatic heterocycles. The third-order valence-electron chi connectivity index (χ3n) is 3.27. The molecule has 0 atom stereocenters. The Bertz CT molecular complexity index is 853. The molecular formula is C17H15N3O3. The lowest BCUT2D eigenvalue weighted by Gasteiger charge is -2.03. The first-order valence-corrected chi connectivity index (χ1v) is 7.15. The molecule has 1 N–H and O–H groups in total. The maximum absolute atomic E-state index is 12.0. The molecule has 0 aliphatic carbocycles. The number of rotatable bonds is 5. The molecule has 0 spiro atoms. The van der Waals surface area contributed by atoms with Crippen LogP contribution >= 0.6 is 0 Å². The molecule has 3 heterocycles. The van der Waals surface area contributed by atoms with Crippen molar-refractivity contribution in [3.8, 4) is 0 Å². The molecule has 0 saturated carbocycles. The van der Waals surface area contributed by atoms with Crippen molar-refractivity contribution in [2.24, 2.45) is 0 Å². The fourth-order valence-corrected chi connectivity index (χ4v) is 2.10. The summed E-state index contributed by atoms with van der Waals surface area (Å²) in [6.45, 7) is 0.612. The van der Waals surface area contributed by atoms with Crippen LogP contribution in [-0.2, 0) is 13.1 Å². The quantitative estimate of drug-likeness (QED) is 0.780. The minimum Gasteiger partial charge on any atom is -0.454 e. The highest BCUT2D eigenvalue weighted by atomic mass is 16.4. The number of furan rings is 1. The summed E-state index contributed by atoms with van der Waals surface area (Å²) in [6, 6.07) is 13.7. The van der Waals surface area contributed by atoms with E-state index in [2.05, 4.69) is 10.3 Å². The van der Waals surface area contributed by atoms with Crippen LogP contribution in [-0.4, -0.2) is 15.5 Å². The van der Waals surface area contributed by atoms with E-state index in [4.69, 9.17) is 4.42 Å². The summed E-state index contributed by atoms with van der Waals surface area (Å²) in [5, 5.41) is 2.74. The molecule has 1 amide bonds. The van der Waals surface area contributed by atoms with Crippen LogP contribution in [0.15, 0.2) is 70.1 Å². The van der Waals surface area contributed by atoms with E-state index in [0.717, 1.165) is 5.69 Å². The van der Waals surface area contributed by atoms with Gasteiger partial charge in [0.15, 0.2) is 5.76 Å². The van der Waals surface area contributed by atoms with Crippen LogP contribution in [0.5, 0.6) is 0 Å². The summed E-state index contributed by atoms with van der Waals surface area (Å²) in [5.41, 5.74) is 0.647. The van der Waals surface area contributed by atoms with Crippen molar-refractivity contribution in [1.29, 1.82) is 0 Å². The van der Waals surface area contributed by atoms with Crippen molar-refractivity contribution in [1.82, 2.24) is 14.9 Å². The Morgan fingerprint density at radius 1 is 1.13 bits per heavy atom. The molecule has 0 unspecified atom stereocenters. The number of carbonyl (C=O) groups excluding carboxylic acids is 1. The molecule has 0 aliphatic heterocycles. The van der Waals surface area contributed by atoms with Crippen molar-refractivity contribution < 1.29 is 9.21 Å². The largest absolute Gasteiger partial charge is 0.454 e. The predicted molar refractivity (Wildman–Crippen MR) is 83.9 cm³/mol. The molecule has 0 bridgehead atoms. The van der Waals surface area contributed by atoms with Crippen LogP contribution < -0.4 is 10.9 Å². The Morgan fingerprint density at radius 3 is 2.78 bits per heavy atom. The number of carbonyl (C=O) groups is 1. The van der Waals surface area contributed by atoms with Gasteiger partial charge in [-0.2, -0.15) is 0 Å². The third-order valence-corrected chi connectivity index (χ3v) is 3.27. The fourth-order valence-electron chi connectivity index (χ4n) is 2.10. The molecule has 0 aliphatic rings. The topological polar surface area (TPSA) is 77.1 Å².